The maximum atomic E-state index is 11.6. The van der Waals surface area contributed by atoms with Crippen molar-refractivity contribution in [2.24, 2.45) is 16.7 Å². The Balaban J connectivity index is 0.000000355. The topological polar surface area (TPSA) is 106 Å². The predicted molar refractivity (Wildman–Crippen MR) is 97.9 cm³/mol. The Morgan fingerprint density at radius 3 is 1.75 bits per heavy atom. The van der Waals surface area contributed by atoms with Crippen LogP contribution in [0, 0.1) is 23.7 Å². The first-order chi connectivity index (χ1) is 10.4. The molecule has 0 radical (unpaired) electrons. The zero-order valence-electron chi connectivity index (χ0n) is 15.4. The molecule has 0 aliphatic heterocycles. The maximum Gasteiger partial charge on any atom is 0.261 e. The molecule has 138 valence electrons. The van der Waals surface area contributed by atoms with Crippen molar-refractivity contribution in [3.05, 3.63) is 35.9 Å². The maximum absolute atomic E-state index is 11.6. The fraction of sp³-hybridized carbons (Fsp3) is 0.611. The summed E-state index contributed by atoms with van der Waals surface area (Å²) >= 11 is 0. The molecule has 2 bridgehead atoms. The van der Waals surface area contributed by atoms with Crippen LogP contribution in [-0.4, -0.2) is 25.0 Å². The Kier molecular flexibility index (Phi) is 7.80. The fourth-order valence-electron chi connectivity index (χ4n) is 3.44. The van der Waals surface area contributed by atoms with E-state index in [1.54, 1.807) is 0 Å². The molecule has 5 nitrogen and oxygen atoms in total. The van der Waals surface area contributed by atoms with Gasteiger partial charge in [-0.2, -0.15) is 8.42 Å². The number of fused-ring (bicyclic) bond motifs is 2. The Labute approximate surface area is 146 Å². The van der Waals surface area contributed by atoms with Crippen LogP contribution in [-0.2, 0) is 14.9 Å². The first kappa shape index (κ1) is 22.8. The number of hydrogen-bond donors (Lipinski definition) is 2. The first-order valence-corrected chi connectivity index (χ1v) is 9.70. The average molecular weight is 358 g/mol. The van der Waals surface area contributed by atoms with Gasteiger partial charge in [-0.1, -0.05) is 56.7 Å². The van der Waals surface area contributed by atoms with Gasteiger partial charge in [-0.25, -0.2) is 0 Å². The molecular weight excluding hydrogens is 326 g/mol. The minimum absolute atomic E-state index is 0. The minimum Gasteiger partial charge on any atom is -0.344 e. The highest BCUT2D eigenvalue weighted by Gasteiger charge is 2.61. The van der Waals surface area contributed by atoms with E-state index in [0.29, 0.717) is 18.0 Å². The fourth-order valence-corrected chi connectivity index (χ4v) is 3.44. The molecule has 2 fully saturated rings. The molecule has 2 aliphatic rings. The highest BCUT2D eigenvalue weighted by atomic mass is 32.2. The van der Waals surface area contributed by atoms with E-state index in [-0.39, 0.29) is 17.0 Å². The van der Waals surface area contributed by atoms with Crippen LogP contribution in [0.5, 0.6) is 0 Å². The van der Waals surface area contributed by atoms with Crippen molar-refractivity contribution in [2.75, 3.05) is 6.26 Å². The summed E-state index contributed by atoms with van der Waals surface area (Å²) < 4.78 is 25.9. The molecule has 6 heteroatoms. The molecule has 0 aromatic heterocycles. The lowest BCUT2D eigenvalue weighted by Crippen LogP contribution is -2.32. The second-order valence-electron chi connectivity index (χ2n) is 7.30. The highest BCUT2D eigenvalue weighted by molar-refractivity contribution is 7.85. The number of ketones is 1. The summed E-state index contributed by atoms with van der Waals surface area (Å²) in [6.45, 7) is 8.76. The zero-order valence-corrected chi connectivity index (χ0v) is 16.2. The Morgan fingerprint density at radius 2 is 1.58 bits per heavy atom. The third-order valence-electron chi connectivity index (χ3n) is 5.42. The quantitative estimate of drug-likeness (QED) is 0.681. The first-order valence-electron chi connectivity index (χ1n) is 7.85. The van der Waals surface area contributed by atoms with Crippen molar-refractivity contribution in [3.63, 3.8) is 0 Å². The molecule has 0 saturated heterocycles. The van der Waals surface area contributed by atoms with E-state index in [0.717, 1.165) is 12.8 Å². The minimum atomic E-state index is -3.67. The summed E-state index contributed by atoms with van der Waals surface area (Å²) in [5.74, 6) is 1.19. The van der Waals surface area contributed by atoms with E-state index in [1.807, 2.05) is 18.2 Å². The molecule has 0 spiro atoms. The van der Waals surface area contributed by atoms with Gasteiger partial charge in [0.25, 0.3) is 10.1 Å². The van der Waals surface area contributed by atoms with Crippen molar-refractivity contribution in [1.29, 1.82) is 0 Å². The van der Waals surface area contributed by atoms with Crippen molar-refractivity contribution in [3.8, 4) is 0 Å². The van der Waals surface area contributed by atoms with Gasteiger partial charge >= 0.3 is 0 Å². The molecule has 1 aromatic rings. The molecule has 4 N–H and O–H groups in total. The molecular formula is C18H31NO4S. The Bertz CT molecular complexity index is 632. The smallest absolute Gasteiger partial charge is 0.261 e. The summed E-state index contributed by atoms with van der Waals surface area (Å²) in [5, 5.41) is 0. The van der Waals surface area contributed by atoms with E-state index in [9.17, 15) is 13.2 Å². The lowest BCUT2D eigenvalue weighted by Gasteiger charge is -2.32. The molecule has 2 saturated carbocycles. The second kappa shape index (κ2) is 8.23. The van der Waals surface area contributed by atoms with Crippen LogP contribution >= 0.6 is 0 Å². The van der Waals surface area contributed by atoms with Gasteiger partial charge in [0.2, 0.25) is 0 Å². The monoisotopic (exact) mass is 357 g/mol. The average Bonchev–Trinajstić information content (AvgIpc) is 2.71. The lowest BCUT2D eigenvalue weighted by atomic mass is 9.70. The van der Waals surface area contributed by atoms with Crippen molar-refractivity contribution in [2.45, 2.75) is 47.0 Å². The second-order valence-corrected chi connectivity index (χ2v) is 8.77. The van der Waals surface area contributed by atoms with E-state index >= 15 is 0 Å². The van der Waals surface area contributed by atoms with Crippen LogP contribution in [0.15, 0.2) is 30.3 Å². The lowest BCUT2D eigenvalue weighted by molar-refractivity contribution is -0.128. The van der Waals surface area contributed by atoms with Crippen LogP contribution in [0.1, 0.15) is 45.6 Å². The summed E-state index contributed by atoms with van der Waals surface area (Å²) in [6.07, 6.45) is 3.97. The number of carbonyl (C=O) groups excluding carboxylic acids is 1. The number of carbonyl (C=O) groups is 1. The van der Waals surface area contributed by atoms with Gasteiger partial charge in [-0.05, 0) is 31.1 Å². The van der Waals surface area contributed by atoms with Crippen molar-refractivity contribution >= 4 is 15.9 Å². The molecule has 3 rings (SSSR count). The van der Waals surface area contributed by atoms with Gasteiger partial charge in [-0.3, -0.25) is 9.35 Å². The third kappa shape index (κ3) is 5.69. The van der Waals surface area contributed by atoms with Crippen molar-refractivity contribution in [1.82, 2.24) is 6.15 Å². The number of benzene rings is 1. The van der Waals surface area contributed by atoms with Gasteiger partial charge < -0.3 is 6.15 Å². The van der Waals surface area contributed by atoms with E-state index in [1.165, 1.54) is 12.0 Å². The van der Waals surface area contributed by atoms with Crippen LogP contribution in [0.4, 0.5) is 0 Å². The summed E-state index contributed by atoms with van der Waals surface area (Å²) in [7, 11) is -3.67. The third-order valence-corrected chi connectivity index (χ3v) is 5.42. The molecule has 0 amide bonds. The standard InChI is InChI=1S/C10H16O.C7H8.CH4O3S.H3N/c1-9(2)7-4-5-10(9,3)8(11)6-7;1-7-5-3-2-4-6-7;1-5(2,3)4;/h7H,4-6H2,1-3H3;2-6H,1H3;1H3,(H,2,3,4);1H3. The molecule has 1 aromatic carbocycles. The van der Waals surface area contributed by atoms with Gasteiger partial charge in [-0.15, -0.1) is 0 Å². The van der Waals surface area contributed by atoms with Crippen LogP contribution in [0.3, 0.4) is 0 Å². The predicted octanol–water partition coefficient (Wildman–Crippen LogP) is 4.06. The summed E-state index contributed by atoms with van der Waals surface area (Å²) in [4.78, 5) is 11.6. The van der Waals surface area contributed by atoms with Crippen LogP contribution in [0.2, 0.25) is 0 Å². The van der Waals surface area contributed by atoms with Gasteiger partial charge in [0, 0.05) is 11.8 Å². The molecule has 2 unspecified atom stereocenters. The number of rotatable bonds is 0. The van der Waals surface area contributed by atoms with Gasteiger partial charge in [0.15, 0.2) is 0 Å². The number of Topliss-reactive ketones (excluding diaryl/α,β-unsaturated/α-hetero) is 1. The van der Waals surface area contributed by atoms with Crippen LogP contribution < -0.4 is 6.15 Å². The van der Waals surface area contributed by atoms with Crippen LogP contribution in [0.25, 0.3) is 0 Å². The molecule has 24 heavy (non-hydrogen) atoms. The molecule has 2 atom stereocenters. The SMILES string of the molecule is CC12CCC(CC1=O)C2(C)C.CS(=O)(=O)O.Cc1ccccc1.N. The normalized spacial score (nSPS) is 26.4. The zero-order chi connectivity index (χ0) is 17.9. The Hall–Kier alpha value is -1.24. The Morgan fingerprint density at radius 1 is 1.12 bits per heavy atom. The largest absolute Gasteiger partial charge is 0.344 e. The number of aryl methyl sites for hydroxylation is 1. The summed E-state index contributed by atoms with van der Waals surface area (Å²) in [6, 6.07) is 10.3. The summed E-state index contributed by atoms with van der Waals surface area (Å²) in [5.41, 5.74) is 1.63. The van der Waals surface area contributed by atoms with E-state index in [2.05, 4.69) is 39.8 Å². The number of hydrogen-bond acceptors (Lipinski definition) is 4. The van der Waals surface area contributed by atoms with Gasteiger partial charge in [0.05, 0.1) is 6.26 Å². The molecule has 0 heterocycles. The van der Waals surface area contributed by atoms with Gasteiger partial charge in [0.1, 0.15) is 5.78 Å². The highest BCUT2D eigenvalue weighted by Crippen LogP contribution is 2.63. The van der Waals surface area contributed by atoms with Crippen molar-refractivity contribution < 1.29 is 17.8 Å². The van der Waals surface area contributed by atoms with E-state index in [4.69, 9.17) is 4.55 Å². The molecule has 2 aliphatic carbocycles. The van der Waals surface area contributed by atoms with E-state index < -0.39 is 10.1 Å².